The Hall–Kier alpha value is -2.22. The van der Waals surface area contributed by atoms with Crippen molar-refractivity contribution in [3.63, 3.8) is 0 Å². The molecule has 7 heteroatoms. The maximum absolute atomic E-state index is 13.5. The van der Waals surface area contributed by atoms with Gasteiger partial charge in [-0.1, -0.05) is 36.4 Å². The number of nitrogens with zero attached hydrogens (tertiary/aromatic N) is 3. The van der Waals surface area contributed by atoms with Crippen LogP contribution < -0.4 is 4.90 Å². The van der Waals surface area contributed by atoms with Gasteiger partial charge in [-0.15, -0.1) is 11.3 Å². The monoisotopic (exact) mass is 455 g/mol. The molecule has 5 nitrogen and oxygen atoms in total. The topological polar surface area (TPSA) is 53.5 Å². The maximum atomic E-state index is 13.5. The van der Waals surface area contributed by atoms with Crippen molar-refractivity contribution in [3.05, 3.63) is 75.3 Å². The molecular weight excluding hydrogens is 426 g/mol. The van der Waals surface area contributed by atoms with Crippen molar-refractivity contribution in [1.82, 2.24) is 9.29 Å². The van der Waals surface area contributed by atoms with E-state index in [1.165, 1.54) is 5.56 Å². The first-order valence-corrected chi connectivity index (χ1v) is 12.9. The Morgan fingerprint density at radius 3 is 2.16 bits per heavy atom. The van der Waals surface area contributed by atoms with Crippen LogP contribution in [0.15, 0.2) is 46.7 Å². The second-order valence-electron chi connectivity index (χ2n) is 8.26. The minimum Gasteiger partial charge on any atom is -0.345 e. The molecule has 1 aromatic heterocycles. The molecule has 164 valence electrons. The number of sulfonamides is 1. The second kappa shape index (κ2) is 8.73. The van der Waals surface area contributed by atoms with Gasteiger partial charge < -0.3 is 4.90 Å². The van der Waals surface area contributed by atoms with Gasteiger partial charge in [-0.25, -0.2) is 13.4 Å². The van der Waals surface area contributed by atoms with Gasteiger partial charge in [-0.2, -0.15) is 4.31 Å². The van der Waals surface area contributed by atoms with Crippen LogP contribution in [0.1, 0.15) is 33.5 Å². The second-order valence-corrected chi connectivity index (χ2v) is 11.0. The van der Waals surface area contributed by atoms with E-state index in [1.54, 1.807) is 15.6 Å². The molecule has 0 amide bonds. The van der Waals surface area contributed by atoms with Crippen LogP contribution in [0.25, 0.3) is 0 Å². The molecule has 4 rings (SSSR count). The molecule has 2 aromatic carbocycles. The summed E-state index contributed by atoms with van der Waals surface area (Å²) in [6, 6.07) is 12.4. The highest BCUT2D eigenvalue weighted by molar-refractivity contribution is 7.89. The summed E-state index contributed by atoms with van der Waals surface area (Å²) in [4.78, 5) is 7.49. The fourth-order valence-electron chi connectivity index (χ4n) is 4.14. The summed E-state index contributed by atoms with van der Waals surface area (Å²) in [5, 5.41) is 3.08. The van der Waals surface area contributed by atoms with Crippen LogP contribution in [-0.2, 0) is 16.4 Å². The zero-order valence-electron chi connectivity index (χ0n) is 18.6. The van der Waals surface area contributed by atoms with Crippen LogP contribution in [0, 0.1) is 27.7 Å². The number of aryl methyl sites for hydroxylation is 2. The normalized spacial score (nSPS) is 15.4. The van der Waals surface area contributed by atoms with Gasteiger partial charge in [0.2, 0.25) is 10.0 Å². The zero-order chi connectivity index (χ0) is 22.2. The van der Waals surface area contributed by atoms with E-state index >= 15 is 0 Å². The van der Waals surface area contributed by atoms with Crippen molar-refractivity contribution in [2.45, 2.75) is 39.0 Å². The summed E-state index contributed by atoms with van der Waals surface area (Å²) in [5.74, 6) is 0. The Bertz CT molecular complexity index is 1150. The van der Waals surface area contributed by atoms with E-state index in [9.17, 15) is 8.42 Å². The maximum Gasteiger partial charge on any atom is 0.243 e. The van der Waals surface area contributed by atoms with E-state index in [0.29, 0.717) is 31.1 Å². The lowest BCUT2D eigenvalue weighted by Crippen LogP contribution is -2.49. The molecule has 3 aromatic rings. The Labute approximate surface area is 189 Å². The SMILES string of the molecule is Cc1cc(C)c(C)c(S(=O)(=O)N2CCN(c3nc(Cc4ccccc4)cs3)CC2)c1C. The lowest BCUT2D eigenvalue weighted by molar-refractivity contribution is 0.384. The van der Waals surface area contributed by atoms with Crippen molar-refractivity contribution >= 4 is 26.5 Å². The summed E-state index contributed by atoms with van der Waals surface area (Å²) >= 11 is 1.64. The van der Waals surface area contributed by atoms with Gasteiger partial charge in [0.15, 0.2) is 5.13 Å². The van der Waals surface area contributed by atoms with Crippen molar-refractivity contribution in [2.24, 2.45) is 0 Å². The molecule has 0 unspecified atom stereocenters. The summed E-state index contributed by atoms with van der Waals surface area (Å²) in [6.45, 7) is 10.0. The van der Waals surface area contributed by atoms with Crippen molar-refractivity contribution in [1.29, 1.82) is 0 Å². The van der Waals surface area contributed by atoms with E-state index in [0.717, 1.165) is 39.5 Å². The molecule has 31 heavy (non-hydrogen) atoms. The smallest absolute Gasteiger partial charge is 0.243 e. The van der Waals surface area contributed by atoms with E-state index in [1.807, 2.05) is 45.9 Å². The number of rotatable bonds is 5. The lowest BCUT2D eigenvalue weighted by atomic mass is 10.0. The van der Waals surface area contributed by atoms with Crippen molar-refractivity contribution < 1.29 is 8.42 Å². The first kappa shape index (κ1) is 22.0. The molecule has 0 atom stereocenters. The largest absolute Gasteiger partial charge is 0.345 e. The summed E-state index contributed by atoms with van der Waals surface area (Å²) in [6.07, 6.45) is 0.816. The Kier molecular flexibility index (Phi) is 6.19. The third-order valence-corrected chi connectivity index (χ3v) is 9.30. The predicted octanol–water partition coefficient (Wildman–Crippen LogP) is 4.48. The van der Waals surface area contributed by atoms with Crippen LogP contribution in [0.4, 0.5) is 5.13 Å². The lowest BCUT2D eigenvalue weighted by Gasteiger charge is -2.34. The molecule has 1 aliphatic rings. The molecule has 0 spiro atoms. The van der Waals surface area contributed by atoms with Gasteiger partial charge in [-0.3, -0.25) is 0 Å². The summed E-state index contributed by atoms with van der Waals surface area (Å²) in [7, 11) is -3.52. The number of aromatic nitrogens is 1. The van der Waals surface area contributed by atoms with Crippen molar-refractivity contribution in [2.75, 3.05) is 31.1 Å². The van der Waals surface area contributed by atoms with Crippen LogP contribution in [-0.4, -0.2) is 43.9 Å². The highest BCUT2D eigenvalue weighted by atomic mass is 32.2. The van der Waals surface area contributed by atoms with E-state index in [4.69, 9.17) is 4.98 Å². The van der Waals surface area contributed by atoms with E-state index < -0.39 is 10.0 Å². The number of anilines is 1. The number of hydrogen-bond acceptors (Lipinski definition) is 5. The highest BCUT2D eigenvalue weighted by Crippen LogP contribution is 2.30. The molecule has 1 aliphatic heterocycles. The Balaban J connectivity index is 1.47. The Morgan fingerprint density at radius 1 is 0.935 bits per heavy atom. The molecule has 1 fully saturated rings. The van der Waals surface area contributed by atoms with Gasteiger partial charge in [0.25, 0.3) is 0 Å². The van der Waals surface area contributed by atoms with Gasteiger partial charge >= 0.3 is 0 Å². The molecule has 2 heterocycles. The first-order chi connectivity index (χ1) is 14.8. The fourth-order valence-corrected chi connectivity index (χ4v) is 7.02. The third-order valence-electron chi connectivity index (χ3n) is 6.17. The van der Waals surface area contributed by atoms with Crippen LogP contribution in [0.2, 0.25) is 0 Å². The predicted molar refractivity (Wildman–Crippen MR) is 128 cm³/mol. The average molecular weight is 456 g/mol. The summed E-state index contributed by atoms with van der Waals surface area (Å²) in [5.41, 5.74) is 6.06. The number of thiazole rings is 1. The van der Waals surface area contributed by atoms with E-state index in [2.05, 4.69) is 28.5 Å². The van der Waals surface area contributed by atoms with Crippen LogP contribution >= 0.6 is 11.3 Å². The minimum atomic E-state index is -3.52. The molecule has 0 saturated carbocycles. The summed E-state index contributed by atoms with van der Waals surface area (Å²) < 4.78 is 28.6. The quantitative estimate of drug-likeness (QED) is 0.569. The zero-order valence-corrected chi connectivity index (χ0v) is 20.2. The van der Waals surface area contributed by atoms with E-state index in [-0.39, 0.29) is 0 Å². The number of piperazine rings is 1. The number of benzene rings is 2. The molecule has 0 radical (unpaired) electrons. The molecule has 0 aliphatic carbocycles. The standard InChI is InChI=1S/C24H29N3O2S2/c1-17-14-18(2)20(4)23(19(17)3)31(28,29)27-12-10-26(11-13-27)24-25-22(16-30-24)15-21-8-6-5-7-9-21/h5-9,14,16H,10-13,15H2,1-4H3. The Morgan fingerprint density at radius 2 is 1.55 bits per heavy atom. The van der Waals surface area contributed by atoms with Crippen molar-refractivity contribution in [3.8, 4) is 0 Å². The minimum absolute atomic E-state index is 0.474. The van der Waals surface area contributed by atoms with Crippen LogP contribution in [0.3, 0.4) is 0 Å². The molecule has 0 bridgehead atoms. The number of hydrogen-bond donors (Lipinski definition) is 0. The van der Waals surface area contributed by atoms with Gasteiger partial charge in [0.05, 0.1) is 10.6 Å². The first-order valence-electron chi connectivity index (χ1n) is 10.6. The van der Waals surface area contributed by atoms with Gasteiger partial charge in [-0.05, 0) is 55.5 Å². The van der Waals surface area contributed by atoms with Gasteiger partial charge in [0.1, 0.15) is 0 Å². The van der Waals surface area contributed by atoms with Crippen LogP contribution in [0.5, 0.6) is 0 Å². The molecule has 0 N–H and O–H groups in total. The third kappa shape index (κ3) is 4.40. The average Bonchev–Trinajstić information content (AvgIpc) is 3.21. The van der Waals surface area contributed by atoms with Gasteiger partial charge in [0, 0.05) is 38.0 Å². The molecular formula is C24H29N3O2S2. The highest BCUT2D eigenvalue weighted by Gasteiger charge is 2.32. The molecule has 1 saturated heterocycles. The fraction of sp³-hybridized carbons (Fsp3) is 0.375.